The standard InChI is InChI=1S/C25H26ClN5O2S.ClH/c1-32-23-16-20(15-22(26)24(23)33-18-19-9-4-2-5-10-19)17-27-13-8-14-34-25-28-29-30-31(25)21-11-6-3-7-12-21;/h2-7,9-12,15-16,27H,8,13-14,17-18H2,1H3;1H. The first-order chi connectivity index (χ1) is 16.7. The minimum absolute atomic E-state index is 0. The molecule has 0 saturated heterocycles. The molecule has 0 spiro atoms. The van der Waals surface area contributed by atoms with E-state index in [-0.39, 0.29) is 12.4 Å². The third kappa shape index (κ3) is 7.60. The van der Waals surface area contributed by atoms with Gasteiger partial charge in [-0.15, -0.1) is 17.5 Å². The fourth-order valence-electron chi connectivity index (χ4n) is 3.34. The number of tetrazole rings is 1. The summed E-state index contributed by atoms with van der Waals surface area (Å²) < 4.78 is 13.2. The van der Waals surface area contributed by atoms with E-state index in [0.29, 0.717) is 29.7 Å². The highest BCUT2D eigenvalue weighted by Gasteiger charge is 2.13. The molecule has 184 valence electrons. The van der Waals surface area contributed by atoms with Gasteiger partial charge in [-0.1, -0.05) is 71.9 Å². The van der Waals surface area contributed by atoms with Crippen molar-refractivity contribution in [1.29, 1.82) is 0 Å². The Morgan fingerprint density at radius 2 is 1.74 bits per heavy atom. The highest BCUT2D eigenvalue weighted by Crippen LogP contribution is 2.37. The van der Waals surface area contributed by atoms with E-state index in [1.54, 1.807) is 23.6 Å². The molecule has 0 aliphatic rings. The molecule has 1 heterocycles. The molecule has 0 bridgehead atoms. The summed E-state index contributed by atoms with van der Waals surface area (Å²) >= 11 is 8.15. The summed E-state index contributed by atoms with van der Waals surface area (Å²) in [4.78, 5) is 0. The number of aromatic nitrogens is 4. The number of para-hydroxylation sites is 1. The lowest BCUT2D eigenvalue weighted by Gasteiger charge is -2.14. The molecule has 0 amide bonds. The van der Waals surface area contributed by atoms with Crippen LogP contribution in [0.25, 0.3) is 5.69 Å². The third-order valence-electron chi connectivity index (χ3n) is 5.02. The molecule has 0 saturated carbocycles. The van der Waals surface area contributed by atoms with Crippen molar-refractivity contribution in [3.05, 3.63) is 88.9 Å². The molecule has 4 aromatic rings. The van der Waals surface area contributed by atoms with Crippen LogP contribution in [0.5, 0.6) is 11.5 Å². The van der Waals surface area contributed by atoms with Crippen molar-refractivity contribution >= 4 is 35.8 Å². The van der Waals surface area contributed by atoms with Crippen LogP contribution in [0.2, 0.25) is 5.02 Å². The minimum atomic E-state index is 0. The van der Waals surface area contributed by atoms with Gasteiger partial charge in [0, 0.05) is 12.3 Å². The first kappa shape index (κ1) is 26.8. The molecule has 1 N–H and O–H groups in total. The van der Waals surface area contributed by atoms with Gasteiger partial charge in [0.1, 0.15) is 6.61 Å². The SMILES string of the molecule is COc1cc(CNCCCSc2nnnn2-c2ccccc2)cc(Cl)c1OCc1ccccc1.Cl. The number of benzene rings is 3. The minimum Gasteiger partial charge on any atom is -0.493 e. The van der Waals surface area contributed by atoms with Crippen molar-refractivity contribution in [2.24, 2.45) is 0 Å². The number of halogens is 2. The van der Waals surface area contributed by atoms with E-state index in [0.717, 1.165) is 40.7 Å². The van der Waals surface area contributed by atoms with E-state index < -0.39 is 0 Å². The van der Waals surface area contributed by atoms with Crippen LogP contribution >= 0.6 is 35.8 Å². The summed E-state index contributed by atoms with van der Waals surface area (Å²) in [5.74, 6) is 2.09. The van der Waals surface area contributed by atoms with E-state index in [9.17, 15) is 0 Å². The molecule has 7 nitrogen and oxygen atoms in total. The summed E-state index contributed by atoms with van der Waals surface area (Å²) in [7, 11) is 1.62. The molecule has 0 aliphatic heterocycles. The average Bonchev–Trinajstić information content (AvgIpc) is 3.35. The Kier molecular flexibility index (Phi) is 10.7. The van der Waals surface area contributed by atoms with Crippen molar-refractivity contribution in [3.8, 4) is 17.2 Å². The summed E-state index contributed by atoms with van der Waals surface area (Å²) in [6.07, 6.45) is 0.968. The van der Waals surface area contributed by atoms with Crippen molar-refractivity contribution in [2.75, 3.05) is 19.4 Å². The zero-order valence-corrected chi connectivity index (χ0v) is 21.7. The third-order valence-corrected chi connectivity index (χ3v) is 6.30. The van der Waals surface area contributed by atoms with Gasteiger partial charge >= 0.3 is 0 Å². The number of methoxy groups -OCH3 is 1. The largest absolute Gasteiger partial charge is 0.493 e. The molecule has 0 atom stereocenters. The van der Waals surface area contributed by atoms with Gasteiger partial charge in [-0.05, 0) is 58.8 Å². The van der Waals surface area contributed by atoms with Crippen molar-refractivity contribution in [3.63, 3.8) is 0 Å². The topological polar surface area (TPSA) is 74.1 Å². The molecule has 0 aliphatic carbocycles. The fraction of sp³-hybridized carbons (Fsp3) is 0.240. The molecule has 0 radical (unpaired) electrons. The lowest BCUT2D eigenvalue weighted by molar-refractivity contribution is 0.284. The van der Waals surface area contributed by atoms with Crippen LogP contribution in [0.3, 0.4) is 0 Å². The van der Waals surface area contributed by atoms with Gasteiger partial charge in [0.05, 0.1) is 17.8 Å². The summed E-state index contributed by atoms with van der Waals surface area (Å²) in [6.45, 7) is 1.97. The van der Waals surface area contributed by atoms with E-state index in [2.05, 4.69) is 20.8 Å². The van der Waals surface area contributed by atoms with Gasteiger partial charge in [0.25, 0.3) is 0 Å². The number of nitrogens with one attached hydrogen (secondary N) is 1. The second-order valence-electron chi connectivity index (χ2n) is 7.47. The second kappa shape index (κ2) is 13.9. The maximum atomic E-state index is 6.51. The Hall–Kier alpha value is -2.78. The number of rotatable bonds is 12. The van der Waals surface area contributed by atoms with Gasteiger partial charge in [0.15, 0.2) is 11.5 Å². The molecule has 3 aromatic carbocycles. The molecular weight excluding hydrogens is 505 g/mol. The number of thioether (sulfide) groups is 1. The van der Waals surface area contributed by atoms with E-state index >= 15 is 0 Å². The van der Waals surface area contributed by atoms with Gasteiger partial charge < -0.3 is 14.8 Å². The monoisotopic (exact) mass is 531 g/mol. The lowest BCUT2D eigenvalue weighted by atomic mass is 10.2. The van der Waals surface area contributed by atoms with Crippen LogP contribution in [-0.4, -0.2) is 39.6 Å². The zero-order valence-electron chi connectivity index (χ0n) is 19.3. The van der Waals surface area contributed by atoms with Gasteiger partial charge in [-0.25, -0.2) is 0 Å². The molecule has 10 heteroatoms. The number of hydrogen-bond acceptors (Lipinski definition) is 7. The number of hydrogen-bond donors (Lipinski definition) is 1. The Morgan fingerprint density at radius 3 is 2.49 bits per heavy atom. The highest BCUT2D eigenvalue weighted by atomic mass is 35.5. The Morgan fingerprint density at radius 1 is 1.00 bits per heavy atom. The van der Waals surface area contributed by atoms with Crippen LogP contribution in [0.1, 0.15) is 17.5 Å². The van der Waals surface area contributed by atoms with Crippen LogP contribution < -0.4 is 14.8 Å². The van der Waals surface area contributed by atoms with Crippen molar-refractivity contribution in [1.82, 2.24) is 25.5 Å². The van der Waals surface area contributed by atoms with Gasteiger partial charge in [-0.2, -0.15) is 4.68 Å². The molecule has 4 rings (SSSR count). The number of nitrogens with zero attached hydrogens (tertiary/aromatic N) is 4. The Labute approximate surface area is 220 Å². The quantitative estimate of drug-likeness (QED) is 0.188. The maximum absolute atomic E-state index is 6.51. The van der Waals surface area contributed by atoms with Crippen molar-refractivity contribution in [2.45, 2.75) is 24.7 Å². The normalized spacial score (nSPS) is 10.6. The summed E-state index contributed by atoms with van der Waals surface area (Å²) in [5.41, 5.74) is 3.06. The predicted octanol–water partition coefficient (Wildman–Crippen LogP) is 5.60. The predicted molar refractivity (Wildman–Crippen MR) is 142 cm³/mol. The fourth-order valence-corrected chi connectivity index (χ4v) is 4.46. The summed E-state index contributed by atoms with van der Waals surface area (Å²) in [5, 5.41) is 16.8. The molecule has 0 unspecified atom stereocenters. The van der Waals surface area contributed by atoms with Crippen LogP contribution in [0, 0.1) is 0 Å². The van der Waals surface area contributed by atoms with Crippen LogP contribution in [0.15, 0.2) is 78.0 Å². The Balaban J connectivity index is 0.00000342. The molecule has 0 fully saturated rings. The van der Waals surface area contributed by atoms with Crippen molar-refractivity contribution < 1.29 is 9.47 Å². The smallest absolute Gasteiger partial charge is 0.214 e. The van der Waals surface area contributed by atoms with Gasteiger partial charge in [0.2, 0.25) is 5.16 Å². The molecule has 35 heavy (non-hydrogen) atoms. The van der Waals surface area contributed by atoms with Gasteiger partial charge in [-0.3, -0.25) is 0 Å². The highest BCUT2D eigenvalue weighted by molar-refractivity contribution is 7.99. The summed E-state index contributed by atoms with van der Waals surface area (Å²) in [6, 6.07) is 23.7. The van der Waals surface area contributed by atoms with Crippen LogP contribution in [-0.2, 0) is 13.2 Å². The number of ether oxygens (including phenoxy) is 2. The first-order valence-electron chi connectivity index (χ1n) is 10.9. The van der Waals surface area contributed by atoms with E-state index in [1.807, 2.05) is 72.8 Å². The lowest BCUT2D eigenvalue weighted by Crippen LogP contribution is -2.15. The first-order valence-corrected chi connectivity index (χ1v) is 12.3. The average molecular weight is 532 g/mol. The zero-order chi connectivity index (χ0) is 23.6. The molecular formula is C25H27Cl2N5O2S. The second-order valence-corrected chi connectivity index (χ2v) is 8.94. The Bertz CT molecular complexity index is 1180. The van der Waals surface area contributed by atoms with Crippen LogP contribution in [0.4, 0.5) is 0 Å². The molecule has 1 aromatic heterocycles. The van der Waals surface area contributed by atoms with E-state index in [4.69, 9.17) is 21.1 Å². The van der Waals surface area contributed by atoms with E-state index in [1.165, 1.54) is 0 Å². The maximum Gasteiger partial charge on any atom is 0.214 e.